The minimum absolute atomic E-state index is 0.0717. The van der Waals surface area contributed by atoms with Gasteiger partial charge >= 0.3 is 0 Å². The Bertz CT molecular complexity index is 1500. The number of amidine groups is 2. The molecule has 0 fully saturated rings. The van der Waals surface area contributed by atoms with E-state index in [0.29, 0.717) is 52.5 Å². The molecule has 1 unspecified atom stereocenters. The van der Waals surface area contributed by atoms with Gasteiger partial charge in [-0.3, -0.25) is 19.3 Å². The predicted octanol–water partition coefficient (Wildman–Crippen LogP) is 3.05. The van der Waals surface area contributed by atoms with E-state index in [1.165, 1.54) is 18.0 Å². The number of aliphatic imine (C=N–C) groups is 2. The van der Waals surface area contributed by atoms with Gasteiger partial charge in [-0.1, -0.05) is 30.0 Å². The first-order valence-electron chi connectivity index (χ1n) is 13.0. The Morgan fingerprint density at radius 3 is 2.61 bits per heavy atom. The number of para-hydroxylation sites is 1. The largest absolute Gasteiger partial charge is 0.493 e. The van der Waals surface area contributed by atoms with E-state index in [-0.39, 0.29) is 30.5 Å². The fourth-order valence-corrected chi connectivity index (χ4v) is 5.39. The Balaban J connectivity index is 1.22. The first-order valence-corrected chi connectivity index (χ1v) is 13.9. The molecule has 0 aliphatic carbocycles. The van der Waals surface area contributed by atoms with Crippen LogP contribution in [0.25, 0.3) is 0 Å². The highest BCUT2D eigenvalue weighted by atomic mass is 32.2. The number of carbonyl (C=O) groups is 3. The molecular formula is C29H29N5O6S. The Morgan fingerprint density at radius 1 is 1.00 bits per heavy atom. The highest BCUT2D eigenvalue weighted by Crippen LogP contribution is 2.35. The van der Waals surface area contributed by atoms with Crippen molar-refractivity contribution < 1.29 is 28.3 Å². The van der Waals surface area contributed by atoms with Crippen LogP contribution in [-0.2, 0) is 27.3 Å². The second-order valence-electron chi connectivity index (χ2n) is 9.21. The van der Waals surface area contributed by atoms with Crippen LogP contribution in [0.2, 0.25) is 0 Å². The maximum absolute atomic E-state index is 13.0. The molecule has 0 spiro atoms. The highest BCUT2D eigenvalue weighted by molar-refractivity contribution is 8.14. The monoisotopic (exact) mass is 575 g/mol. The van der Waals surface area contributed by atoms with Crippen molar-refractivity contribution in [2.45, 2.75) is 25.4 Å². The summed E-state index contributed by atoms with van der Waals surface area (Å²) in [6.07, 6.45) is 2.02. The number of carbonyl (C=O) groups excluding carboxylic acids is 3. The summed E-state index contributed by atoms with van der Waals surface area (Å²) in [4.78, 5) is 49.1. The van der Waals surface area contributed by atoms with Crippen LogP contribution in [0.5, 0.6) is 11.5 Å². The number of nitrogens with zero attached hydrogens (tertiary/aromatic N) is 3. The molecule has 1 atom stereocenters. The van der Waals surface area contributed by atoms with Gasteiger partial charge in [0, 0.05) is 12.1 Å². The van der Waals surface area contributed by atoms with Crippen LogP contribution < -0.4 is 20.1 Å². The maximum atomic E-state index is 13.0. The zero-order valence-electron chi connectivity index (χ0n) is 22.6. The molecule has 12 heteroatoms. The third-order valence-electron chi connectivity index (χ3n) is 6.54. The molecule has 5 rings (SSSR count). The summed E-state index contributed by atoms with van der Waals surface area (Å²) in [5.41, 5.74) is 2.34. The Kier molecular flexibility index (Phi) is 8.68. The maximum Gasteiger partial charge on any atom is 0.271 e. The molecule has 3 heterocycles. The van der Waals surface area contributed by atoms with E-state index >= 15 is 0 Å². The molecule has 2 aliphatic heterocycles. The Labute approximate surface area is 241 Å². The highest BCUT2D eigenvalue weighted by Gasteiger charge is 2.42. The SMILES string of the molecule is COc1ccc(CCNC(=O)CSC2=Nc3ccccc3C3=NC(=O)C(CC(=O)NCc4ccco4)N23)cc1OC. The minimum atomic E-state index is -0.866. The summed E-state index contributed by atoms with van der Waals surface area (Å²) in [6.45, 7) is 0.639. The molecule has 0 bridgehead atoms. The van der Waals surface area contributed by atoms with E-state index in [2.05, 4.69) is 15.6 Å². The summed E-state index contributed by atoms with van der Waals surface area (Å²) < 4.78 is 15.9. The molecule has 11 nitrogen and oxygen atoms in total. The summed E-state index contributed by atoms with van der Waals surface area (Å²) in [7, 11) is 3.16. The number of hydrogen-bond donors (Lipinski definition) is 2. The normalized spacial score (nSPS) is 15.4. The lowest BCUT2D eigenvalue weighted by Crippen LogP contribution is -2.46. The topological polar surface area (TPSA) is 135 Å². The number of amides is 3. The molecule has 3 aromatic rings. The van der Waals surface area contributed by atoms with Crippen molar-refractivity contribution in [3.8, 4) is 11.5 Å². The molecule has 0 saturated heterocycles. The molecule has 3 amide bonds. The molecule has 41 heavy (non-hydrogen) atoms. The van der Waals surface area contributed by atoms with Crippen molar-refractivity contribution in [2.75, 3.05) is 26.5 Å². The number of nitrogens with one attached hydrogen (secondary N) is 2. The van der Waals surface area contributed by atoms with Crippen LogP contribution in [0, 0.1) is 0 Å². The van der Waals surface area contributed by atoms with E-state index < -0.39 is 11.9 Å². The van der Waals surface area contributed by atoms with Crippen molar-refractivity contribution in [3.63, 3.8) is 0 Å². The second kappa shape index (κ2) is 12.7. The van der Waals surface area contributed by atoms with E-state index in [9.17, 15) is 14.4 Å². The van der Waals surface area contributed by atoms with Crippen LogP contribution >= 0.6 is 11.8 Å². The smallest absolute Gasteiger partial charge is 0.271 e. The van der Waals surface area contributed by atoms with Crippen molar-refractivity contribution >= 4 is 46.2 Å². The van der Waals surface area contributed by atoms with Gasteiger partial charge in [-0.25, -0.2) is 4.99 Å². The average molecular weight is 576 g/mol. The zero-order valence-corrected chi connectivity index (χ0v) is 23.4. The predicted molar refractivity (Wildman–Crippen MR) is 155 cm³/mol. The average Bonchev–Trinajstić information content (AvgIpc) is 3.63. The molecule has 2 N–H and O–H groups in total. The van der Waals surface area contributed by atoms with Crippen molar-refractivity contribution in [1.82, 2.24) is 15.5 Å². The van der Waals surface area contributed by atoms with E-state index in [1.54, 1.807) is 31.3 Å². The minimum Gasteiger partial charge on any atom is -0.493 e. The van der Waals surface area contributed by atoms with Gasteiger partial charge in [-0.15, -0.1) is 0 Å². The Hall–Kier alpha value is -4.58. The van der Waals surface area contributed by atoms with Crippen molar-refractivity contribution in [2.24, 2.45) is 9.98 Å². The lowest BCUT2D eigenvalue weighted by atomic mass is 10.1. The van der Waals surface area contributed by atoms with Gasteiger partial charge < -0.3 is 24.5 Å². The third kappa shape index (κ3) is 6.43. The molecular weight excluding hydrogens is 546 g/mol. The molecule has 0 saturated carbocycles. The zero-order chi connectivity index (χ0) is 28.8. The number of thioether (sulfide) groups is 1. The standard InChI is InChI=1S/C29H29N5O6S/c1-38-23-10-9-18(14-24(23)39-2)11-12-30-26(36)17-41-29-32-21-8-4-3-7-20(21)27-33-28(37)22(34(27)29)15-25(35)31-16-19-6-5-13-40-19/h3-10,13-14,22H,11-12,15-17H2,1-2H3,(H,30,36)(H,31,35). The number of benzene rings is 2. The van der Waals surface area contributed by atoms with Crippen LogP contribution in [0.3, 0.4) is 0 Å². The number of methoxy groups -OCH3 is 2. The van der Waals surface area contributed by atoms with Crippen LogP contribution in [0.4, 0.5) is 5.69 Å². The van der Waals surface area contributed by atoms with Gasteiger partial charge in [0.2, 0.25) is 11.8 Å². The number of ether oxygens (including phenoxy) is 2. The molecule has 1 aromatic heterocycles. The van der Waals surface area contributed by atoms with Gasteiger partial charge in [-0.05, 0) is 48.4 Å². The fraction of sp³-hybridized carbons (Fsp3) is 0.276. The van der Waals surface area contributed by atoms with Gasteiger partial charge in [0.25, 0.3) is 5.91 Å². The number of furan rings is 1. The summed E-state index contributed by atoms with van der Waals surface area (Å²) in [5, 5.41) is 6.13. The lowest BCUT2D eigenvalue weighted by molar-refractivity contribution is -0.126. The second-order valence-corrected chi connectivity index (χ2v) is 10.2. The number of hydrogen-bond acceptors (Lipinski definition) is 9. The summed E-state index contributed by atoms with van der Waals surface area (Å²) in [5.74, 6) is 1.43. The number of rotatable bonds is 11. The quantitative estimate of drug-likeness (QED) is 0.356. The van der Waals surface area contributed by atoms with Crippen LogP contribution in [0.15, 0.2) is 75.3 Å². The van der Waals surface area contributed by atoms with Crippen LogP contribution in [-0.4, -0.2) is 66.2 Å². The van der Waals surface area contributed by atoms with Gasteiger partial charge in [0.05, 0.1) is 44.9 Å². The van der Waals surface area contributed by atoms with E-state index in [0.717, 1.165) is 5.56 Å². The van der Waals surface area contributed by atoms with Gasteiger partial charge in [0.15, 0.2) is 16.7 Å². The Morgan fingerprint density at radius 2 is 1.83 bits per heavy atom. The molecule has 212 valence electrons. The third-order valence-corrected chi connectivity index (χ3v) is 7.50. The van der Waals surface area contributed by atoms with E-state index in [1.807, 2.05) is 42.5 Å². The fourth-order valence-electron chi connectivity index (χ4n) is 4.51. The summed E-state index contributed by atoms with van der Waals surface area (Å²) >= 11 is 1.19. The van der Waals surface area contributed by atoms with Crippen molar-refractivity contribution in [3.05, 3.63) is 77.7 Å². The molecule has 0 radical (unpaired) electrons. The van der Waals surface area contributed by atoms with Crippen LogP contribution in [0.1, 0.15) is 23.3 Å². The lowest BCUT2D eigenvalue weighted by Gasteiger charge is -2.30. The summed E-state index contributed by atoms with van der Waals surface area (Å²) in [6, 6.07) is 15.6. The van der Waals surface area contributed by atoms with Gasteiger partial charge in [0.1, 0.15) is 17.6 Å². The van der Waals surface area contributed by atoms with Crippen molar-refractivity contribution in [1.29, 1.82) is 0 Å². The number of fused-ring (bicyclic) bond motifs is 3. The first-order chi connectivity index (χ1) is 20.0. The first kappa shape index (κ1) is 28.0. The van der Waals surface area contributed by atoms with Gasteiger partial charge in [-0.2, -0.15) is 4.99 Å². The molecule has 2 aliphatic rings. The van der Waals surface area contributed by atoms with E-state index in [4.69, 9.17) is 18.9 Å². The molecule has 2 aromatic carbocycles.